The van der Waals surface area contributed by atoms with E-state index in [9.17, 15) is 14.0 Å². The van der Waals surface area contributed by atoms with Crippen LogP contribution in [0.2, 0.25) is 0 Å². The molecule has 0 heterocycles. The Morgan fingerprint density at radius 2 is 1.66 bits per heavy atom. The number of benzene rings is 2. The summed E-state index contributed by atoms with van der Waals surface area (Å²) in [6.45, 7) is 2.14. The molecule has 0 aromatic heterocycles. The SMILES string of the molecule is C[C@H](C(=O)NC1CCCCC1)N(Cc1ccccc1)C(=O)Cc1ccc(F)cc1. The molecule has 0 radical (unpaired) electrons. The van der Waals surface area contributed by atoms with Crippen molar-refractivity contribution in [2.45, 2.75) is 64.1 Å². The van der Waals surface area contributed by atoms with Gasteiger partial charge in [-0.2, -0.15) is 0 Å². The highest BCUT2D eigenvalue weighted by molar-refractivity contribution is 5.88. The van der Waals surface area contributed by atoms with Gasteiger partial charge in [-0.1, -0.05) is 61.7 Å². The number of rotatable bonds is 7. The van der Waals surface area contributed by atoms with Crippen LogP contribution < -0.4 is 5.32 Å². The minimum absolute atomic E-state index is 0.111. The van der Waals surface area contributed by atoms with Gasteiger partial charge in [-0.25, -0.2) is 4.39 Å². The molecular weight excluding hydrogens is 367 g/mol. The number of nitrogens with one attached hydrogen (secondary N) is 1. The number of amides is 2. The molecule has 4 nitrogen and oxygen atoms in total. The number of hydrogen-bond acceptors (Lipinski definition) is 2. The van der Waals surface area contributed by atoms with E-state index < -0.39 is 6.04 Å². The van der Waals surface area contributed by atoms with Crippen LogP contribution in [0.4, 0.5) is 4.39 Å². The monoisotopic (exact) mass is 396 g/mol. The molecule has 1 N–H and O–H groups in total. The Morgan fingerprint density at radius 3 is 2.31 bits per heavy atom. The number of carbonyl (C=O) groups excluding carboxylic acids is 2. The Kier molecular flexibility index (Phi) is 7.39. The fourth-order valence-corrected chi connectivity index (χ4v) is 3.81. The van der Waals surface area contributed by atoms with E-state index in [4.69, 9.17) is 0 Å². The van der Waals surface area contributed by atoms with Crippen LogP contribution in [0.5, 0.6) is 0 Å². The molecule has 1 fully saturated rings. The van der Waals surface area contributed by atoms with Gasteiger partial charge >= 0.3 is 0 Å². The van der Waals surface area contributed by atoms with E-state index in [1.165, 1.54) is 18.6 Å². The second-order valence-corrected chi connectivity index (χ2v) is 7.83. The summed E-state index contributed by atoms with van der Waals surface area (Å²) in [5.74, 6) is -0.588. The Bertz CT molecular complexity index is 801. The summed E-state index contributed by atoms with van der Waals surface area (Å²) in [7, 11) is 0. The first-order valence-corrected chi connectivity index (χ1v) is 10.4. The van der Waals surface area contributed by atoms with Crippen molar-refractivity contribution < 1.29 is 14.0 Å². The second-order valence-electron chi connectivity index (χ2n) is 7.83. The Balaban J connectivity index is 1.72. The van der Waals surface area contributed by atoms with Gasteiger partial charge in [-0.05, 0) is 43.0 Å². The highest BCUT2D eigenvalue weighted by Gasteiger charge is 2.28. The van der Waals surface area contributed by atoms with E-state index in [1.54, 1.807) is 24.0 Å². The van der Waals surface area contributed by atoms with Crippen molar-refractivity contribution in [3.8, 4) is 0 Å². The van der Waals surface area contributed by atoms with Crippen LogP contribution in [0.1, 0.15) is 50.2 Å². The topological polar surface area (TPSA) is 49.4 Å². The maximum Gasteiger partial charge on any atom is 0.242 e. The van der Waals surface area contributed by atoms with E-state index in [1.807, 2.05) is 30.3 Å². The normalized spacial score (nSPS) is 15.5. The second kappa shape index (κ2) is 10.2. The summed E-state index contributed by atoms with van der Waals surface area (Å²) in [6, 6.07) is 15.2. The van der Waals surface area contributed by atoms with E-state index >= 15 is 0 Å². The molecule has 1 aliphatic rings. The molecule has 1 saturated carbocycles. The van der Waals surface area contributed by atoms with Crippen molar-refractivity contribution in [2.75, 3.05) is 0 Å². The van der Waals surface area contributed by atoms with Gasteiger partial charge in [0.2, 0.25) is 11.8 Å². The summed E-state index contributed by atoms with van der Waals surface area (Å²) < 4.78 is 13.2. The maximum atomic E-state index is 13.2. The van der Waals surface area contributed by atoms with Gasteiger partial charge in [0.15, 0.2) is 0 Å². The standard InChI is InChI=1S/C24H29FN2O2/c1-18(24(29)26-22-10-6-3-7-11-22)27(17-20-8-4-2-5-9-20)23(28)16-19-12-14-21(25)15-13-19/h2,4-5,8-9,12-15,18,22H,3,6-7,10-11,16-17H2,1H3,(H,26,29)/t18-/m1/s1. The average Bonchev–Trinajstić information content (AvgIpc) is 2.74. The van der Waals surface area contributed by atoms with Crippen molar-refractivity contribution in [1.29, 1.82) is 0 Å². The van der Waals surface area contributed by atoms with Gasteiger partial charge in [-0.3, -0.25) is 9.59 Å². The van der Waals surface area contributed by atoms with E-state index in [0.29, 0.717) is 6.54 Å². The van der Waals surface area contributed by atoms with Crippen molar-refractivity contribution in [1.82, 2.24) is 10.2 Å². The fourth-order valence-electron chi connectivity index (χ4n) is 3.81. The van der Waals surface area contributed by atoms with Crippen LogP contribution in [0.15, 0.2) is 54.6 Å². The van der Waals surface area contributed by atoms with Crippen LogP contribution in [0.3, 0.4) is 0 Å². The van der Waals surface area contributed by atoms with Crippen LogP contribution in [-0.2, 0) is 22.6 Å². The fraction of sp³-hybridized carbons (Fsp3) is 0.417. The molecule has 154 valence electrons. The number of nitrogens with zero attached hydrogens (tertiary/aromatic N) is 1. The minimum Gasteiger partial charge on any atom is -0.352 e. The highest BCUT2D eigenvalue weighted by Crippen LogP contribution is 2.18. The van der Waals surface area contributed by atoms with Gasteiger partial charge in [0.05, 0.1) is 6.42 Å². The largest absolute Gasteiger partial charge is 0.352 e. The molecule has 29 heavy (non-hydrogen) atoms. The molecule has 0 saturated heterocycles. The molecule has 1 aliphatic carbocycles. The van der Waals surface area contributed by atoms with Gasteiger partial charge in [-0.15, -0.1) is 0 Å². The van der Waals surface area contributed by atoms with Crippen LogP contribution in [0.25, 0.3) is 0 Å². The summed E-state index contributed by atoms with van der Waals surface area (Å²) >= 11 is 0. The molecule has 0 aliphatic heterocycles. The highest BCUT2D eigenvalue weighted by atomic mass is 19.1. The van der Waals surface area contributed by atoms with Crippen LogP contribution >= 0.6 is 0 Å². The third-order valence-electron chi connectivity index (χ3n) is 5.58. The zero-order valence-corrected chi connectivity index (χ0v) is 16.9. The summed E-state index contributed by atoms with van der Waals surface area (Å²) in [6.07, 6.45) is 5.63. The lowest BCUT2D eigenvalue weighted by Gasteiger charge is -2.31. The predicted octanol–water partition coefficient (Wildman–Crippen LogP) is 4.23. The van der Waals surface area contributed by atoms with Crippen molar-refractivity contribution in [3.63, 3.8) is 0 Å². The lowest BCUT2D eigenvalue weighted by Crippen LogP contribution is -2.50. The van der Waals surface area contributed by atoms with Crippen molar-refractivity contribution >= 4 is 11.8 Å². The predicted molar refractivity (Wildman–Crippen MR) is 112 cm³/mol. The van der Waals surface area contributed by atoms with Gasteiger partial charge in [0.1, 0.15) is 11.9 Å². The maximum absolute atomic E-state index is 13.2. The average molecular weight is 397 g/mol. The molecule has 2 amide bonds. The lowest BCUT2D eigenvalue weighted by atomic mass is 9.95. The third kappa shape index (κ3) is 6.14. The summed E-state index contributed by atoms with van der Waals surface area (Å²) in [5, 5.41) is 3.13. The first-order chi connectivity index (χ1) is 14.0. The third-order valence-corrected chi connectivity index (χ3v) is 5.58. The van der Waals surface area contributed by atoms with Crippen LogP contribution in [0, 0.1) is 5.82 Å². The van der Waals surface area contributed by atoms with Gasteiger partial charge in [0.25, 0.3) is 0 Å². The summed E-state index contributed by atoms with van der Waals surface area (Å²) in [5.41, 5.74) is 1.70. The number of hydrogen-bond donors (Lipinski definition) is 1. The quantitative estimate of drug-likeness (QED) is 0.761. The molecule has 0 spiro atoms. The van der Waals surface area contributed by atoms with E-state index in [0.717, 1.165) is 36.8 Å². The Labute approximate surface area is 172 Å². The van der Waals surface area contributed by atoms with E-state index in [-0.39, 0.29) is 30.1 Å². The molecule has 5 heteroatoms. The molecule has 0 unspecified atom stereocenters. The number of carbonyl (C=O) groups is 2. The molecular formula is C24H29FN2O2. The Morgan fingerprint density at radius 1 is 1.00 bits per heavy atom. The summed E-state index contributed by atoms with van der Waals surface area (Å²) in [4.78, 5) is 27.6. The smallest absolute Gasteiger partial charge is 0.242 e. The first-order valence-electron chi connectivity index (χ1n) is 10.4. The van der Waals surface area contributed by atoms with Crippen molar-refractivity contribution in [3.05, 3.63) is 71.5 Å². The van der Waals surface area contributed by atoms with Gasteiger partial charge < -0.3 is 10.2 Å². The zero-order chi connectivity index (χ0) is 20.6. The molecule has 0 bridgehead atoms. The molecule has 1 atom stereocenters. The lowest BCUT2D eigenvalue weighted by molar-refractivity contribution is -0.140. The minimum atomic E-state index is -0.579. The van der Waals surface area contributed by atoms with E-state index in [2.05, 4.69) is 5.32 Å². The zero-order valence-electron chi connectivity index (χ0n) is 16.9. The van der Waals surface area contributed by atoms with Crippen molar-refractivity contribution in [2.24, 2.45) is 0 Å². The van der Waals surface area contributed by atoms with Crippen LogP contribution in [-0.4, -0.2) is 28.8 Å². The molecule has 3 rings (SSSR count). The molecule has 2 aromatic rings. The Hall–Kier alpha value is -2.69. The molecule has 2 aromatic carbocycles. The first kappa shape index (κ1) is 21.0. The van der Waals surface area contributed by atoms with Gasteiger partial charge in [0, 0.05) is 12.6 Å². The number of halogens is 1.